The molecule has 0 spiro atoms. The van der Waals surface area contributed by atoms with Crippen LogP contribution < -0.4 is 15.4 Å². The van der Waals surface area contributed by atoms with E-state index < -0.39 is 0 Å². The third-order valence-corrected chi connectivity index (χ3v) is 6.73. The normalized spacial score (nSPS) is 26.9. The second kappa shape index (κ2) is 9.72. The third-order valence-electron chi connectivity index (χ3n) is 6.73. The van der Waals surface area contributed by atoms with Gasteiger partial charge in [0.2, 0.25) is 5.91 Å². The first-order valence-corrected chi connectivity index (χ1v) is 10.2. The van der Waals surface area contributed by atoms with E-state index in [2.05, 4.69) is 42.5 Å². The van der Waals surface area contributed by atoms with E-state index in [-0.39, 0.29) is 59.5 Å². The van der Waals surface area contributed by atoms with Crippen molar-refractivity contribution in [1.29, 1.82) is 0 Å². The van der Waals surface area contributed by atoms with Crippen LogP contribution in [-0.4, -0.2) is 62.8 Å². The second-order valence-corrected chi connectivity index (χ2v) is 8.88. The Morgan fingerprint density at radius 2 is 1.97 bits per heavy atom. The summed E-state index contributed by atoms with van der Waals surface area (Å²) in [6.45, 7) is 7.28. The van der Waals surface area contributed by atoms with Gasteiger partial charge in [0, 0.05) is 44.6 Å². The number of likely N-dealkylation sites (N-methyl/N-ethyl adjacent to an activating group) is 1. The number of ether oxygens (including phenoxy) is 2. The SMILES string of the molecule is COC1(C)CC(NC(=NCC(=O)N(C)C)NC2CCOc3ccccc32)C1(C)C.I. The molecule has 8 heteroatoms. The number of hydrogen-bond acceptors (Lipinski definition) is 4. The molecule has 2 aliphatic rings. The maximum atomic E-state index is 12.1. The van der Waals surface area contributed by atoms with Crippen LogP contribution in [0.15, 0.2) is 29.3 Å². The van der Waals surface area contributed by atoms with Crippen LogP contribution in [0.25, 0.3) is 0 Å². The minimum atomic E-state index is -0.180. The van der Waals surface area contributed by atoms with Crippen molar-refractivity contribution in [2.45, 2.75) is 51.3 Å². The molecule has 1 aromatic carbocycles. The Morgan fingerprint density at radius 1 is 1.27 bits per heavy atom. The molecular weight excluding hydrogens is 495 g/mol. The van der Waals surface area contributed by atoms with Crippen molar-refractivity contribution in [1.82, 2.24) is 15.5 Å². The quantitative estimate of drug-likeness (QED) is 0.348. The van der Waals surface area contributed by atoms with E-state index in [9.17, 15) is 4.79 Å². The van der Waals surface area contributed by atoms with Crippen molar-refractivity contribution in [3.8, 4) is 5.75 Å². The fourth-order valence-corrected chi connectivity index (χ4v) is 3.97. The van der Waals surface area contributed by atoms with E-state index in [1.54, 1.807) is 26.1 Å². The number of fused-ring (bicyclic) bond motifs is 1. The van der Waals surface area contributed by atoms with Crippen molar-refractivity contribution < 1.29 is 14.3 Å². The molecule has 0 aromatic heterocycles. The number of benzene rings is 1. The Balaban J connectivity index is 0.00000320. The van der Waals surface area contributed by atoms with Crippen LogP contribution in [-0.2, 0) is 9.53 Å². The van der Waals surface area contributed by atoms with E-state index in [0.29, 0.717) is 12.6 Å². The zero-order valence-corrected chi connectivity index (χ0v) is 21.2. The third kappa shape index (κ3) is 4.85. The lowest BCUT2D eigenvalue weighted by atomic mass is 9.56. The van der Waals surface area contributed by atoms with Gasteiger partial charge in [-0.25, -0.2) is 4.99 Å². The summed E-state index contributed by atoms with van der Waals surface area (Å²) < 4.78 is 11.5. The van der Waals surface area contributed by atoms with Gasteiger partial charge in [-0.1, -0.05) is 32.0 Å². The monoisotopic (exact) mass is 530 g/mol. The van der Waals surface area contributed by atoms with Crippen LogP contribution in [0.5, 0.6) is 5.75 Å². The topological polar surface area (TPSA) is 75.2 Å². The highest BCUT2D eigenvalue weighted by atomic mass is 127. The molecule has 1 saturated carbocycles. The van der Waals surface area contributed by atoms with Gasteiger partial charge in [0.15, 0.2) is 5.96 Å². The fourth-order valence-electron chi connectivity index (χ4n) is 3.97. The van der Waals surface area contributed by atoms with Crippen molar-refractivity contribution in [3.05, 3.63) is 29.8 Å². The van der Waals surface area contributed by atoms with Crippen molar-refractivity contribution in [2.24, 2.45) is 10.4 Å². The predicted octanol–water partition coefficient (Wildman–Crippen LogP) is 2.96. The number of aliphatic imine (C=N–C) groups is 1. The van der Waals surface area contributed by atoms with Crippen LogP contribution >= 0.6 is 24.0 Å². The Hall–Kier alpha value is -1.55. The first-order chi connectivity index (χ1) is 13.7. The highest BCUT2D eigenvalue weighted by Crippen LogP contribution is 2.51. The zero-order valence-electron chi connectivity index (χ0n) is 18.8. The van der Waals surface area contributed by atoms with Gasteiger partial charge in [0.05, 0.1) is 18.2 Å². The first-order valence-electron chi connectivity index (χ1n) is 10.2. The Morgan fingerprint density at radius 3 is 2.60 bits per heavy atom. The van der Waals surface area contributed by atoms with Crippen LogP contribution in [0, 0.1) is 5.41 Å². The maximum absolute atomic E-state index is 12.1. The minimum Gasteiger partial charge on any atom is -0.493 e. The number of halogens is 1. The molecule has 1 aliphatic heterocycles. The molecule has 1 aromatic rings. The number of amides is 1. The van der Waals surface area contributed by atoms with Crippen LogP contribution in [0.1, 0.15) is 45.2 Å². The van der Waals surface area contributed by atoms with Crippen molar-refractivity contribution in [3.63, 3.8) is 0 Å². The van der Waals surface area contributed by atoms with Gasteiger partial charge in [-0.3, -0.25) is 4.79 Å². The summed E-state index contributed by atoms with van der Waals surface area (Å²) in [5.41, 5.74) is 0.867. The van der Waals surface area contributed by atoms with Crippen molar-refractivity contribution in [2.75, 3.05) is 34.4 Å². The number of nitrogens with one attached hydrogen (secondary N) is 2. The molecule has 3 rings (SSSR count). The number of methoxy groups -OCH3 is 1. The van der Waals surface area contributed by atoms with Crippen molar-refractivity contribution >= 4 is 35.8 Å². The lowest BCUT2D eigenvalue weighted by Crippen LogP contribution is -2.69. The van der Waals surface area contributed by atoms with Gasteiger partial charge in [-0.15, -0.1) is 24.0 Å². The van der Waals surface area contributed by atoms with Gasteiger partial charge in [0.25, 0.3) is 0 Å². The van der Waals surface area contributed by atoms with Gasteiger partial charge < -0.3 is 25.0 Å². The van der Waals surface area contributed by atoms with Crippen LogP contribution in [0.4, 0.5) is 0 Å². The molecule has 1 heterocycles. The summed E-state index contributed by atoms with van der Waals surface area (Å²) in [5.74, 6) is 1.52. The summed E-state index contributed by atoms with van der Waals surface area (Å²) in [4.78, 5) is 18.3. The minimum absolute atomic E-state index is 0. The molecule has 30 heavy (non-hydrogen) atoms. The molecule has 1 amide bonds. The number of hydrogen-bond donors (Lipinski definition) is 2. The lowest BCUT2D eigenvalue weighted by Gasteiger charge is -2.59. The van der Waals surface area contributed by atoms with E-state index in [4.69, 9.17) is 9.47 Å². The summed E-state index contributed by atoms with van der Waals surface area (Å²) in [6, 6.07) is 8.33. The number of carbonyl (C=O) groups is 1. The van der Waals surface area contributed by atoms with E-state index in [0.717, 1.165) is 24.2 Å². The molecule has 3 atom stereocenters. The van der Waals surface area contributed by atoms with Gasteiger partial charge in [-0.2, -0.15) is 0 Å². The second-order valence-electron chi connectivity index (χ2n) is 8.88. The van der Waals surface area contributed by atoms with Crippen LogP contribution in [0.2, 0.25) is 0 Å². The number of carbonyl (C=O) groups excluding carboxylic acids is 1. The average Bonchev–Trinajstić information content (AvgIpc) is 2.71. The zero-order chi connectivity index (χ0) is 21.2. The van der Waals surface area contributed by atoms with E-state index in [1.807, 2.05) is 18.2 Å². The highest BCUT2D eigenvalue weighted by Gasteiger charge is 2.58. The lowest BCUT2D eigenvalue weighted by molar-refractivity contribution is -0.176. The van der Waals surface area contributed by atoms with E-state index in [1.165, 1.54) is 0 Å². The Bertz CT molecular complexity index is 783. The molecule has 0 radical (unpaired) electrons. The van der Waals surface area contributed by atoms with Gasteiger partial charge >= 0.3 is 0 Å². The smallest absolute Gasteiger partial charge is 0.243 e. The standard InChI is InChI=1S/C22H34N4O3.HI/c1-21(2)18(13-22(21,3)28-6)25-20(23-14-19(27)26(4)5)24-16-11-12-29-17-10-8-7-9-15(16)17;/h7-10,16,18H,11-14H2,1-6H3,(H2,23,24,25);1H. The maximum Gasteiger partial charge on any atom is 0.243 e. The summed E-state index contributed by atoms with van der Waals surface area (Å²) in [6.07, 6.45) is 1.71. The molecule has 2 N–H and O–H groups in total. The number of guanidine groups is 1. The molecule has 7 nitrogen and oxygen atoms in total. The molecule has 168 valence electrons. The largest absolute Gasteiger partial charge is 0.493 e. The highest BCUT2D eigenvalue weighted by molar-refractivity contribution is 14.0. The van der Waals surface area contributed by atoms with Gasteiger partial charge in [-0.05, 0) is 19.4 Å². The summed E-state index contributed by atoms with van der Waals surface area (Å²) in [7, 11) is 5.25. The molecule has 1 aliphatic carbocycles. The first kappa shape index (κ1) is 24.7. The number of nitrogens with zero attached hydrogens (tertiary/aromatic N) is 2. The molecule has 1 fully saturated rings. The van der Waals surface area contributed by atoms with Crippen LogP contribution in [0.3, 0.4) is 0 Å². The number of para-hydroxylation sites is 1. The molecule has 3 unspecified atom stereocenters. The average molecular weight is 530 g/mol. The predicted molar refractivity (Wildman–Crippen MR) is 130 cm³/mol. The molecule has 0 saturated heterocycles. The molecular formula is C22H35IN4O3. The Labute approximate surface area is 197 Å². The Kier molecular flexibility index (Phi) is 8.01. The van der Waals surface area contributed by atoms with E-state index >= 15 is 0 Å². The van der Waals surface area contributed by atoms with Gasteiger partial charge in [0.1, 0.15) is 12.3 Å². The number of rotatable bonds is 5. The molecule has 0 bridgehead atoms. The summed E-state index contributed by atoms with van der Waals surface area (Å²) in [5, 5.41) is 7.09. The fraction of sp³-hybridized carbons (Fsp3) is 0.636. The summed E-state index contributed by atoms with van der Waals surface area (Å²) >= 11 is 0.